The van der Waals surface area contributed by atoms with Gasteiger partial charge in [-0.2, -0.15) is 0 Å². The summed E-state index contributed by atoms with van der Waals surface area (Å²) in [7, 11) is 0. The van der Waals surface area contributed by atoms with E-state index in [0.717, 1.165) is 50.7 Å². The van der Waals surface area contributed by atoms with Crippen molar-refractivity contribution in [3.8, 4) is 0 Å². The first-order valence-electron chi connectivity index (χ1n) is 11.5. The summed E-state index contributed by atoms with van der Waals surface area (Å²) < 4.78 is 6.11. The first-order valence-corrected chi connectivity index (χ1v) is 11.5. The van der Waals surface area contributed by atoms with E-state index >= 15 is 0 Å². The standard InChI is InChI=1S/C24H40O3/c1-5-27-15-24-13-12-22(3,26)14-17(24)6-7-18-20-9-8-19(16(2)25)23(20,4)11-10-21(18)24/h17-21,26H,5-15H2,1-4H3/t17-,18-,19+,20-,21-,22?,23+,24+/m0/s1. The third kappa shape index (κ3) is 3.03. The second-order valence-electron chi connectivity index (χ2n) is 11.0. The Labute approximate surface area is 165 Å². The Hall–Kier alpha value is -0.410. The summed E-state index contributed by atoms with van der Waals surface area (Å²) in [4.78, 5) is 12.3. The zero-order chi connectivity index (χ0) is 19.4. The van der Waals surface area contributed by atoms with Gasteiger partial charge >= 0.3 is 0 Å². The van der Waals surface area contributed by atoms with E-state index in [4.69, 9.17) is 4.74 Å². The van der Waals surface area contributed by atoms with Crippen molar-refractivity contribution in [3.05, 3.63) is 0 Å². The molecule has 27 heavy (non-hydrogen) atoms. The predicted molar refractivity (Wildman–Crippen MR) is 107 cm³/mol. The third-order valence-corrected chi connectivity index (χ3v) is 9.72. The van der Waals surface area contributed by atoms with Gasteiger partial charge in [0, 0.05) is 12.5 Å². The predicted octanol–water partition coefficient (Wildman–Crippen LogP) is 5.00. The summed E-state index contributed by atoms with van der Waals surface area (Å²) in [5, 5.41) is 10.8. The minimum Gasteiger partial charge on any atom is -0.390 e. The molecule has 4 rings (SSSR count). The highest BCUT2D eigenvalue weighted by Gasteiger charge is 2.62. The van der Waals surface area contributed by atoms with Crippen LogP contribution in [0.25, 0.3) is 0 Å². The summed E-state index contributed by atoms with van der Waals surface area (Å²) in [6.07, 6.45) is 10.3. The molecular weight excluding hydrogens is 336 g/mol. The number of aliphatic hydroxyl groups is 1. The normalized spacial score (nSPS) is 52.0. The van der Waals surface area contributed by atoms with Crippen molar-refractivity contribution in [2.75, 3.05) is 13.2 Å². The Bertz CT molecular complexity index is 584. The first-order chi connectivity index (χ1) is 12.7. The molecule has 0 saturated heterocycles. The van der Waals surface area contributed by atoms with E-state index in [1.54, 1.807) is 0 Å². The number of hydrogen-bond donors (Lipinski definition) is 1. The molecule has 1 N–H and O–H groups in total. The number of rotatable bonds is 4. The van der Waals surface area contributed by atoms with E-state index in [1.165, 1.54) is 32.1 Å². The average molecular weight is 377 g/mol. The summed E-state index contributed by atoms with van der Waals surface area (Å²) >= 11 is 0. The molecule has 0 amide bonds. The summed E-state index contributed by atoms with van der Waals surface area (Å²) in [5.74, 6) is 3.51. The molecule has 3 heteroatoms. The lowest BCUT2D eigenvalue weighted by Gasteiger charge is -2.62. The highest BCUT2D eigenvalue weighted by atomic mass is 16.5. The van der Waals surface area contributed by atoms with Crippen molar-refractivity contribution in [1.29, 1.82) is 0 Å². The number of fused-ring (bicyclic) bond motifs is 5. The van der Waals surface area contributed by atoms with Gasteiger partial charge in [0.25, 0.3) is 0 Å². The number of Topliss-reactive ketones (excluding diaryl/α,β-unsaturated/α-hetero) is 1. The molecule has 4 fully saturated rings. The van der Waals surface area contributed by atoms with Crippen molar-refractivity contribution in [2.45, 2.75) is 91.1 Å². The number of hydrogen-bond acceptors (Lipinski definition) is 3. The first kappa shape index (κ1) is 19.9. The molecule has 0 heterocycles. The molecule has 0 aliphatic heterocycles. The van der Waals surface area contributed by atoms with E-state index < -0.39 is 5.60 Å². The van der Waals surface area contributed by atoms with Crippen molar-refractivity contribution < 1.29 is 14.6 Å². The molecule has 0 bridgehead atoms. The van der Waals surface area contributed by atoms with Gasteiger partial charge in [-0.1, -0.05) is 6.92 Å². The quantitative estimate of drug-likeness (QED) is 0.751. The van der Waals surface area contributed by atoms with Crippen LogP contribution in [0.1, 0.15) is 85.5 Å². The minimum atomic E-state index is -0.497. The van der Waals surface area contributed by atoms with Gasteiger partial charge in [-0.05, 0) is 113 Å². The van der Waals surface area contributed by atoms with Crippen LogP contribution in [0.3, 0.4) is 0 Å². The fraction of sp³-hybridized carbons (Fsp3) is 0.958. The van der Waals surface area contributed by atoms with Gasteiger partial charge in [-0.25, -0.2) is 0 Å². The number of carbonyl (C=O) groups is 1. The van der Waals surface area contributed by atoms with E-state index in [9.17, 15) is 9.90 Å². The molecular formula is C24H40O3. The molecule has 4 aliphatic rings. The van der Waals surface area contributed by atoms with Gasteiger partial charge < -0.3 is 9.84 Å². The molecule has 0 aromatic carbocycles. The van der Waals surface area contributed by atoms with Crippen molar-refractivity contribution in [1.82, 2.24) is 0 Å². The van der Waals surface area contributed by atoms with Crippen LogP contribution in [-0.4, -0.2) is 29.7 Å². The zero-order valence-electron chi connectivity index (χ0n) is 17.9. The SMILES string of the molecule is CCOC[C@]12CCC(C)(O)C[C@@H]1CC[C@H]1[C@@H]3CC[C@H](C(C)=O)[C@@]3(C)CC[C@@H]12. The molecule has 4 saturated carbocycles. The molecule has 1 unspecified atom stereocenters. The van der Waals surface area contributed by atoms with Crippen LogP contribution < -0.4 is 0 Å². The summed E-state index contributed by atoms with van der Waals surface area (Å²) in [6, 6.07) is 0. The van der Waals surface area contributed by atoms with Gasteiger partial charge in [0.2, 0.25) is 0 Å². The van der Waals surface area contributed by atoms with E-state index in [1.807, 2.05) is 13.8 Å². The van der Waals surface area contributed by atoms with E-state index in [0.29, 0.717) is 17.6 Å². The lowest BCUT2D eigenvalue weighted by Crippen LogP contribution is -2.58. The topological polar surface area (TPSA) is 46.5 Å². The fourth-order valence-corrected chi connectivity index (χ4v) is 8.47. The molecule has 3 nitrogen and oxygen atoms in total. The highest BCUT2D eigenvalue weighted by Crippen LogP contribution is 2.68. The van der Waals surface area contributed by atoms with E-state index in [-0.39, 0.29) is 16.7 Å². The van der Waals surface area contributed by atoms with Crippen LogP contribution in [0.4, 0.5) is 0 Å². The van der Waals surface area contributed by atoms with Crippen LogP contribution >= 0.6 is 0 Å². The van der Waals surface area contributed by atoms with Gasteiger partial charge in [-0.15, -0.1) is 0 Å². The molecule has 8 atom stereocenters. The molecule has 0 aromatic heterocycles. The van der Waals surface area contributed by atoms with Crippen LogP contribution in [0.5, 0.6) is 0 Å². The maximum atomic E-state index is 12.3. The second kappa shape index (κ2) is 6.83. The lowest BCUT2D eigenvalue weighted by atomic mass is 9.43. The number of ketones is 1. The van der Waals surface area contributed by atoms with Crippen molar-refractivity contribution in [3.63, 3.8) is 0 Å². The third-order valence-electron chi connectivity index (χ3n) is 9.72. The second-order valence-corrected chi connectivity index (χ2v) is 11.0. The van der Waals surface area contributed by atoms with Crippen LogP contribution in [-0.2, 0) is 9.53 Å². The molecule has 0 aromatic rings. The summed E-state index contributed by atoms with van der Waals surface area (Å²) in [5.41, 5.74) is -0.00686. The Kier molecular flexibility index (Phi) is 5.03. The smallest absolute Gasteiger partial charge is 0.133 e. The van der Waals surface area contributed by atoms with Crippen LogP contribution in [0.2, 0.25) is 0 Å². The molecule has 0 radical (unpaired) electrons. The van der Waals surface area contributed by atoms with Gasteiger partial charge in [0.05, 0.1) is 12.2 Å². The summed E-state index contributed by atoms with van der Waals surface area (Å²) in [6.45, 7) is 10.1. The molecule has 4 aliphatic carbocycles. The Morgan fingerprint density at radius 1 is 1.04 bits per heavy atom. The Morgan fingerprint density at radius 2 is 1.81 bits per heavy atom. The average Bonchev–Trinajstić information content (AvgIpc) is 2.97. The van der Waals surface area contributed by atoms with Crippen molar-refractivity contribution >= 4 is 5.78 Å². The van der Waals surface area contributed by atoms with Gasteiger partial charge in [0.15, 0.2) is 0 Å². The van der Waals surface area contributed by atoms with Crippen LogP contribution in [0, 0.1) is 40.4 Å². The Morgan fingerprint density at radius 3 is 2.52 bits per heavy atom. The highest BCUT2D eigenvalue weighted by molar-refractivity contribution is 5.79. The maximum Gasteiger partial charge on any atom is 0.133 e. The molecule has 154 valence electrons. The minimum absolute atomic E-state index is 0.229. The van der Waals surface area contributed by atoms with E-state index in [2.05, 4.69) is 13.8 Å². The Balaban J connectivity index is 1.64. The van der Waals surface area contributed by atoms with Gasteiger partial charge in [0.1, 0.15) is 5.78 Å². The largest absolute Gasteiger partial charge is 0.390 e. The van der Waals surface area contributed by atoms with Crippen LogP contribution in [0.15, 0.2) is 0 Å². The van der Waals surface area contributed by atoms with Crippen molar-refractivity contribution in [2.24, 2.45) is 40.4 Å². The lowest BCUT2D eigenvalue weighted by molar-refractivity contribution is -0.178. The monoisotopic (exact) mass is 376 g/mol. The fourth-order valence-electron chi connectivity index (χ4n) is 8.47. The maximum absolute atomic E-state index is 12.3. The zero-order valence-corrected chi connectivity index (χ0v) is 17.9. The number of ether oxygens (including phenoxy) is 1. The van der Waals surface area contributed by atoms with Gasteiger partial charge in [-0.3, -0.25) is 4.79 Å². The molecule has 0 spiro atoms. The number of carbonyl (C=O) groups excluding carboxylic acids is 1.